The maximum absolute atomic E-state index is 3.09. The van der Waals surface area contributed by atoms with Crippen molar-refractivity contribution in [2.24, 2.45) is 0 Å². The van der Waals surface area contributed by atoms with Crippen LogP contribution in [0.2, 0.25) is 0 Å². The molecular formula is C10H13BrMg. The molecule has 0 nitrogen and oxygen atoms in total. The van der Waals surface area contributed by atoms with Gasteiger partial charge in [-0.3, -0.25) is 0 Å². The van der Waals surface area contributed by atoms with E-state index in [1.165, 1.54) is 11.1 Å². The molecule has 0 aliphatic rings. The van der Waals surface area contributed by atoms with Crippen molar-refractivity contribution in [2.75, 3.05) is 0 Å². The molecule has 1 rings (SSSR count). The van der Waals surface area contributed by atoms with E-state index in [0.717, 1.165) is 12.8 Å². The summed E-state index contributed by atoms with van der Waals surface area (Å²) in [6.45, 7) is 4.37. The Labute approximate surface area is 102 Å². The Kier molecular flexibility index (Phi) is 10.1. The minimum absolute atomic E-state index is 0. The van der Waals surface area contributed by atoms with Gasteiger partial charge in [-0.25, -0.2) is 0 Å². The molecule has 0 aromatic heterocycles. The first-order valence-electron chi connectivity index (χ1n) is 3.86. The summed E-state index contributed by atoms with van der Waals surface area (Å²) in [5.41, 5.74) is 2.89. The van der Waals surface area contributed by atoms with E-state index in [0.29, 0.717) is 0 Å². The summed E-state index contributed by atoms with van der Waals surface area (Å²) in [7, 11) is 0. The third-order valence-corrected chi connectivity index (χ3v) is 1.81. The Hall–Kier alpha value is 0.466. The van der Waals surface area contributed by atoms with Gasteiger partial charge in [0.05, 0.1) is 0 Å². The average Bonchev–Trinajstić information content (AvgIpc) is 2.04. The van der Waals surface area contributed by atoms with Crippen LogP contribution in [-0.4, -0.2) is 23.1 Å². The molecule has 0 saturated carbocycles. The van der Waals surface area contributed by atoms with Crippen molar-refractivity contribution in [1.29, 1.82) is 0 Å². The Balaban J connectivity index is 0. The van der Waals surface area contributed by atoms with E-state index in [2.05, 4.69) is 32.0 Å². The molecular weight excluding hydrogens is 224 g/mol. The van der Waals surface area contributed by atoms with Crippen LogP contribution in [0.5, 0.6) is 0 Å². The van der Waals surface area contributed by atoms with Crippen LogP contribution in [-0.2, 0) is 12.8 Å². The van der Waals surface area contributed by atoms with Crippen LogP contribution < -0.4 is 17.0 Å². The van der Waals surface area contributed by atoms with Crippen molar-refractivity contribution < 1.29 is 17.0 Å². The van der Waals surface area contributed by atoms with E-state index in [-0.39, 0.29) is 40.0 Å². The molecule has 1 aromatic rings. The van der Waals surface area contributed by atoms with Gasteiger partial charge < -0.3 is 17.0 Å². The molecule has 12 heavy (non-hydrogen) atoms. The van der Waals surface area contributed by atoms with Crippen molar-refractivity contribution >= 4 is 23.1 Å². The second-order valence-corrected chi connectivity index (χ2v) is 2.40. The molecule has 0 N–H and O–H groups in total. The summed E-state index contributed by atoms with van der Waals surface area (Å²) in [5, 5.41) is 0. The Morgan fingerprint density at radius 1 is 1.17 bits per heavy atom. The zero-order valence-electron chi connectivity index (χ0n) is 7.73. The fourth-order valence-electron chi connectivity index (χ4n) is 1.17. The maximum Gasteiger partial charge on any atom is 2.00 e. The third-order valence-electron chi connectivity index (χ3n) is 1.81. The van der Waals surface area contributed by atoms with Gasteiger partial charge in [0.2, 0.25) is 0 Å². The smallest absolute Gasteiger partial charge is 1.00 e. The first kappa shape index (κ1) is 15.0. The number of benzene rings is 1. The van der Waals surface area contributed by atoms with Crippen molar-refractivity contribution in [1.82, 2.24) is 0 Å². The van der Waals surface area contributed by atoms with Gasteiger partial charge in [-0.1, -0.05) is 26.7 Å². The molecule has 1 aromatic carbocycles. The van der Waals surface area contributed by atoms with Crippen LogP contribution in [0.1, 0.15) is 25.0 Å². The van der Waals surface area contributed by atoms with Crippen molar-refractivity contribution in [3.05, 3.63) is 35.4 Å². The quantitative estimate of drug-likeness (QED) is 0.468. The van der Waals surface area contributed by atoms with E-state index in [1.54, 1.807) is 0 Å². The number of hydrogen-bond acceptors (Lipinski definition) is 0. The molecule has 0 saturated heterocycles. The first-order chi connectivity index (χ1) is 4.88. The van der Waals surface area contributed by atoms with Crippen molar-refractivity contribution in [3.63, 3.8) is 0 Å². The molecule has 0 atom stereocenters. The SMILES string of the molecule is CCc1c[c-]ccc1CC.[Br-].[Mg+2]. The van der Waals surface area contributed by atoms with E-state index in [1.807, 2.05) is 6.07 Å². The van der Waals surface area contributed by atoms with Gasteiger partial charge in [-0.05, 0) is 0 Å². The summed E-state index contributed by atoms with van der Waals surface area (Å²) in [4.78, 5) is 0. The van der Waals surface area contributed by atoms with E-state index in [4.69, 9.17) is 0 Å². The van der Waals surface area contributed by atoms with E-state index >= 15 is 0 Å². The molecule has 0 fully saturated rings. The van der Waals surface area contributed by atoms with Gasteiger partial charge in [-0.2, -0.15) is 35.4 Å². The fourth-order valence-corrected chi connectivity index (χ4v) is 1.17. The third kappa shape index (κ3) is 3.92. The number of rotatable bonds is 2. The van der Waals surface area contributed by atoms with Crippen LogP contribution in [0.15, 0.2) is 18.2 Å². The maximum atomic E-state index is 3.09. The molecule has 0 heterocycles. The molecule has 62 valence electrons. The van der Waals surface area contributed by atoms with Crippen molar-refractivity contribution in [2.45, 2.75) is 26.7 Å². The number of aryl methyl sites for hydroxylation is 2. The second kappa shape index (κ2) is 8.08. The molecule has 0 radical (unpaired) electrons. The monoisotopic (exact) mass is 236 g/mol. The minimum Gasteiger partial charge on any atom is -1.00 e. The molecule has 0 bridgehead atoms. The summed E-state index contributed by atoms with van der Waals surface area (Å²) in [6.07, 6.45) is 2.26. The fraction of sp³-hybridized carbons (Fsp3) is 0.400. The predicted octanol–water partition coefficient (Wildman–Crippen LogP) is -0.765. The predicted molar refractivity (Wildman–Crippen MR) is 49.8 cm³/mol. The van der Waals surface area contributed by atoms with Crippen LogP contribution >= 0.6 is 0 Å². The van der Waals surface area contributed by atoms with Gasteiger partial charge in [0.1, 0.15) is 0 Å². The molecule has 0 spiro atoms. The van der Waals surface area contributed by atoms with Gasteiger partial charge >= 0.3 is 23.1 Å². The van der Waals surface area contributed by atoms with Crippen LogP contribution in [0, 0.1) is 6.07 Å². The summed E-state index contributed by atoms with van der Waals surface area (Å²) in [5.74, 6) is 0. The topological polar surface area (TPSA) is 0 Å². The normalized spacial score (nSPS) is 8.17. The Morgan fingerprint density at radius 3 is 2.17 bits per heavy atom. The van der Waals surface area contributed by atoms with Crippen LogP contribution in [0.3, 0.4) is 0 Å². The van der Waals surface area contributed by atoms with Gasteiger partial charge in [-0.15, -0.1) is 0 Å². The van der Waals surface area contributed by atoms with Gasteiger partial charge in [0, 0.05) is 0 Å². The largest absolute Gasteiger partial charge is 2.00 e. The standard InChI is InChI=1S/C10H13.BrH.Mg/c1-3-9-7-5-6-8-10(9)4-2;;/h5,7-8H,3-4H2,1-2H3;1H;/q-1;;+2/p-1. The second-order valence-electron chi connectivity index (χ2n) is 2.40. The van der Waals surface area contributed by atoms with Gasteiger partial charge in [0.15, 0.2) is 0 Å². The zero-order chi connectivity index (χ0) is 7.40. The Bertz CT molecular complexity index is 188. The van der Waals surface area contributed by atoms with Crippen molar-refractivity contribution in [3.8, 4) is 0 Å². The Morgan fingerprint density at radius 2 is 1.75 bits per heavy atom. The zero-order valence-corrected chi connectivity index (χ0v) is 10.7. The van der Waals surface area contributed by atoms with Crippen LogP contribution in [0.4, 0.5) is 0 Å². The minimum atomic E-state index is 0. The summed E-state index contributed by atoms with van der Waals surface area (Å²) in [6, 6.07) is 9.30. The van der Waals surface area contributed by atoms with E-state index < -0.39 is 0 Å². The van der Waals surface area contributed by atoms with E-state index in [9.17, 15) is 0 Å². The molecule has 2 heteroatoms. The summed E-state index contributed by atoms with van der Waals surface area (Å²) >= 11 is 0. The first-order valence-corrected chi connectivity index (χ1v) is 3.86. The molecule has 0 aliphatic heterocycles. The number of halogens is 1. The van der Waals surface area contributed by atoms with Crippen LogP contribution in [0.25, 0.3) is 0 Å². The average molecular weight is 237 g/mol. The number of hydrogen-bond donors (Lipinski definition) is 0. The molecule has 0 aliphatic carbocycles. The molecule has 0 unspecified atom stereocenters. The summed E-state index contributed by atoms with van der Waals surface area (Å²) < 4.78 is 0. The molecule has 0 amide bonds. The van der Waals surface area contributed by atoms with Gasteiger partial charge in [0.25, 0.3) is 0 Å².